The minimum atomic E-state index is -1.00. The van der Waals surface area contributed by atoms with E-state index in [0.717, 1.165) is 21.3 Å². The highest BCUT2D eigenvalue weighted by Gasteiger charge is 2.24. The van der Waals surface area contributed by atoms with E-state index in [1.807, 2.05) is 33.8 Å². The molecule has 0 radical (unpaired) electrons. The van der Waals surface area contributed by atoms with Gasteiger partial charge in [0.2, 0.25) is 0 Å². The molecule has 0 spiro atoms. The number of carbonyl (C=O) groups is 2. The average Bonchev–Trinajstić information content (AvgIpc) is 2.76. The lowest BCUT2D eigenvalue weighted by Gasteiger charge is -2.16. The maximum atomic E-state index is 12.5. The molecule has 2 heterocycles. The third kappa shape index (κ3) is 3.27. The normalized spacial score (nSPS) is 12.6. The third-order valence-corrected chi connectivity index (χ3v) is 4.75. The lowest BCUT2D eigenvalue weighted by Crippen LogP contribution is -2.41. The third-order valence-electron chi connectivity index (χ3n) is 3.56. The molecule has 2 N–H and O–H groups in total. The van der Waals surface area contributed by atoms with Crippen LogP contribution < -0.4 is 5.32 Å². The van der Waals surface area contributed by atoms with Gasteiger partial charge in [-0.25, -0.2) is 9.78 Å². The molecular weight excluding hydrogens is 300 g/mol. The Bertz CT molecular complexity index is 721. The number of hydrogen-bond donors (Lipinski definition) is 2. The number of thiophene rings is 1. The summed E-state index contributed by atoms with van der Waals surface area (Å²) in [7, 11) is 0. The van der Waals surface area contributed by atoms with Crippen molar-refractivity contribution < 1.29 is 14.7 Å². The van der Waals surface area contributed by atoms with E-state index in [2.05, 4.69) is 10.3 Å². The van der Waals surface area contributed by atoms with Crippen molar-refractivity contribution in [3.8, 4) is 0 Å². The molecule has 2 rings (SSSR count). The van der Waals surface area contributed by atoms with Gasteiger partial charge in [-0.15, -0.1) is 11.3 Å². The summed E-state index contributed by atoms with van der Waals surface area (Å²) in [6, 6.07) is 1.04. The number of carboxylic acid groups (broad SMARTS) is 1. The van der Waals surface area contributed by atoms with E-state index in [9.17, 15) is 14.7 Å². The number of carboxylic acids is 1. The van der Waals surface area contributed by atoms with Crippen molar-refractivity contribution in [1.82, 2.24) is 10.3 Å². The summed E-state index contributed by atoms with van der Waals surface area (Å²) in [6.07, 6.45) is 2.12. The molecule has 2 aromatic heterocycles. The van der Waals surface area contributed by atoms with Crippen LogP contribution in [0.3, 0.4) is 0 Å². The highest BCUT2D eigenvalue weighted by Crippen LogP contribution is 2.31. The Kier molecular flexibility index (Phi) is 4.81. The summed E-state index contributed by atoms with van der Waals surface area (Å²) in [4.78, 5) is 29.4. The molecular formula is C16H20N2O3S. The number of hydrogen-bond acceptors (Lipinski definition) is 4. The molecule has 22 heavy (non-hydrogen) atoms. The van der Waals surface area contributed by atoms with Crippen molar-refractivity contribution in [2.24, 2.45) is 5.92 Å². The number of pyridine rings is 1. The van der Waals surface area contributed by atoms with E-state index in [4.69, 9.17) is 0 Å². The topological polar surface area (TPSA) is 79.3 Å². The zero-order chi connectivity index (χ0) is 16.4. The van der Waals surface area contributed by atoms with E-state index in [1.165, 1.54) is 11.3 Å². The van der Waals surface area contributed by atoms with Crippen molar-refractivity contribution in [2.75, 3.05) is 0 Å². The first-order valence-electron chi connectivity index (χ1n) is 7.19. The van der Waals surface area contributed by atoms with Crippen LogP contribution >= 0.6 is 11.3 Å². The number of fused-ring (bicyclic) bond motifs is 1. The predicted molar refractivity (Wildman–Crippen MR) is 87.4 cm³/mol. The van der Waals surface area contributed by atoms with Gasteiger partial charge in [-0.3, -0.25) is 4.79 Å². The predicted octanol–water partition coefficient (Wildman–Crippen LogP) is 3.14. The summed E-state index contributed by atoms with van der Waals surface area (Å²) < 4.78 is 0. The van der Waals surface area contributed by atoms with Crippen LogP contribution in [-0.2, 0) is 4.79 Å². The second kappa shape index (κ2) is 6.44. The van der Waals surface area contributed by atoms with Crippen molar-refractivity contribution in [2.45, 2.75) is 40.2 Å². The Morgan fingerprint density at radius 2 is 2.05 bits per heavy atom. The van der Waals surface area contributed by atoms with Gasteiger partial charge in [0.05, 0.1) is 4.88 Å². The lowest BCUT2D eigenvalue weighted by atomic mass is 10.0. The van der Waals surface area contributed by atoms with Crippen molar-refractivity contribution in [3.63, 3.8) is 0 Å². The summed E-state index contributed by atoms with van der Waals surface area (Å²) in [6.45, 7) is 7.71. The van der Waals surface area contributed by atoms with Gasteiger partial charge in [0.1, 0.15) is 10.9 Å². The number of amides is 1. The molecule has 0 saturated carbocycles. The Labute approximate surface area is 133 Å². The second-order valence-corrected chi connectivity index (χ2v) is 6.86. The molecule has 118 valence electrons. The van der Waals surface area contributed by atoms with Gasteiger partial charge < -0.3 is 10.4 Å². The van der Waals surface area contributed by atoms with E-state index in [1.54, 1.807) is 6.20 Å². The van der Waals surface area contributed by atoms with Gasteiger partial charge >= 0.3 is 5.97 Å². The first-order chi connectivity index (χ1) is 10.3. The maximum absolute atomic E-state index is 12.5. The molecule has 1 amide bonds. The molecule has 0 aliphatic rings. The molecule has 5 nitrogen and oxygen atoms in total. The van der Waals surface area contributed by atoms with Crippen LogP contribution in [-0.4, -0.2) is 28.0 Å². The number of nitrogens with one attached hydrogen (secondary N) is 1. The van der Waals surface area contributed by atoms with E-state index in [-0.39, 0.29) is 11.8 Å². The fraction of sp³-hybridized carbons (Fsp3) is 0.438. The molecule has 0 aliphatic carbocycles. The number of nitrogens with zero attached hydrogens (tertiary/aromatic N) is 1. The Hall–Kier alpha value is -1.95. The highest BCUT2D eigenvalue weighted by molar-refractivity contribution is 7.20. The van der Waals surface area contributed by atoms with Crippen LogP contribution in [0, 0.1) is 19.8 Å². The largest absolute Gasteiger partial charge is 0.480 e. The summed E-state index contributed by atoms with van der Waals surface area (Å²) in [5.74, 6) is -1.16. The van der Waals surface area contributed by atoms with Crippen LogP contribution in [0.2, 0.25) is 0 Å². The smallest absolute Gasteiger partial charge is 0.326 e. The minimum absolute atomic E-state index is 0.189. The summed E-state index contributed by atoms with van der Waals surface area (Å²) in [5, 5.41) is 12.9. The lowest BCUT2D eigenvalue weighted by molar-refractivity contribution is -0.139. The van der Waals surface area contributed by atoms with Crippen LogP contribution in [0.1, 0.15) is 41.1 Å². The van der Waals surface area contributed by atoms with Crippen LogP contribution in [0.25, 0.3) is 10.2 Å². The van der Waals surface area contributed by atoms with Crippen LogP contribution in [0.5, 0.6) is 0 Å². The fourth-order valence-corrected chi connectivity index (χ4v) is 3.62. The van der Waals surface area contributed by atoms with Gasteiger partial charge in [-0.1, -0.05) is 13.8 Å². The van der Waals surface area contributed by atoms with Gasteiger partial charge in [0, 0.05) is 11.6 Å². The molecule has 0 saturated heterocycles. The molecule has 0 aliphatic heterocycles. The fourth-order valence-electron chi connectivity index (χ4n) is 2.49. The monoisotopic (exact) mass is 320 g/mol. The molecule has 0 aromatic carbocycles. The molecule has 0 bridgehead atoms. The molecule has 1 atom stereocenters. The van der Waals surface area contributed by atoms with Crippen LogP contribution in [0.4, 0.5) is 0 Å². The Morgan fingerprint density at radius 3 is 2.59 bits per heavy atom. The Morgan fingerprint density at radius 1 is 1.36 bits per heavy atom. The van der Waals surface area contributed by atoms with Gasteiger partial charge in [0.15, 0.2) is 0 Å². The van der Waals surface area contributed by atoms with Crippen LogP contribution in [0.15, 0.2) is 12.3 Å². The number of aromatic nitrogens is 1. The van der Waals surface area contributed by atoms with Crippen molar-refractivity contribution in [1.29, 1.82) is 0 Å². The van der Waals surface area contributed by atoms with Gasteiger partial charge in [0.25, 0.3) is 5.91 Å². The standard InChI is InChI=1S/C16H20N2O3S/c1-8(2)7-11(16(20)21)18-14(19)13-10(4)12-9(3)5-6-17-15(12)22-13/h5-6,8,11H,7H2,1-4H3,(H,18,19)(H,20,21)/t11-/m0/s1. The maximum Gasteiger partial charge on any atom is 0.326 e. The molecule has 0 fully saturated rings. The molecule has 0 unspecified atom stereocenters. The number of aliphatic carboxylic acids is 1. The van der Waals surface area contributed by atoms with Crippen molar-refractivity contribution >= 4 is 33.4 Å². The number of rotatable bonds is 5. The zero-order valence-corrected chi connectivity index (χ0v) is 14.0. The minimum Gasteiger partial charge on any atom is -0.480 e. The Balaban J connectivity index is 2.31. The quantitative estimate of drug-likeness (QED) is 0.887. The first-order valence-corrected chi connectivity index (χ1v) is 8.01. The second-order valence-electron chi connectivity index (χ2n) is 5.86. The zero-order valence-electron chi connectivity index (χ0n) is 13.1. The van der Waals surface area contributed by atoms with E-state index >= 15 is 0 Å². The van der Waals surface area contributed by atoms with Gasteiger partial charge in [-0.05, 0) is 43.4 Å². The summed E-state index contributed by atoms with van der Waals surface area (Å²) in [5.41, 5.74) is 1.92. The summed E-state index contributed by atoms with van der Waals surface area (Å²) >= 11 is 1.30. The first kappa shape index (κ1) is 16.4. The number of aryl methyl sites for hydroxylation is 2. The highest BCUT2D eigenvalue weighted by atomic mass is 32.1. The van der Waals surface area contributed by atoms with E-state index in [0.29, 0.717) is 11.3 Å². The van der Waals surface area contributed by atoms with Crippen molar-refractivity contribution in [3.05, 3.63) is 28.3 Å². The average molecular weight is 320 g/mol. The SMILES string of the molecule is Cc1ccnc2sc(C(=O)N[C@@H](CC(C)C)C(=O)O)c(C)c12. The molecule has 2 aromatic rings. The molecule has 6 heteroatoms. The van der Waals surface area contributed by atoms with Gasteiger partial charge in [-0.2, -0.15) is 0 Å². The van der Waals surface area contributed by atoms with E-state index < -0.39 is 12.0 Å². The number of carbonyl (C=O) groups excluding carboxylic acids is 1.